The summed E-state index contributed by atoms with van der Waals surface area (Å²) in [5, 5.41) is 11.2. The standard InChI is InChI=1S/C14H19NO3/c16-13(15-11-5-4-8-14(17)18)10-9-12-6-2-1-3-7-12/h1-3,6-7H,4-5,8-11H2,(H,15,16)(H,17,18). The molecule has 0 saturated carbocycles. The summed E-state index contributed by atoms with van der Waals surface area (Å²) in [7, 11) is 0. The minimum absolute atomic E-state index is 0.0224. The van der Waals surface area contributed by atoms with Gasteiger partial charge in [-0.3, -0.25) is 9.59 Å². The molecule has 0 radical (unpaired) electrons. The first kappa shape index (κ1) is 14.2. The van der Waals surface area contributed by atoms with Crippen LogP contribution in [0.3, 0.4) is 0 Å². The Morgan fingerprint density at radius 1 is 1.06 bits per heavy atom. The first-order valence-corrected chi connectivity index (χ1v) is 6.21. The number of aryl methyl sites for hydroxylation is 1. The van der Waals surface area contributed by atoms with Gasteiger partial charge >= 0.3 is 5.97 Å². The molecule has 98 valence electrons. The second kappa shape index (κ2) is 8.28. The predicted molar refractivity (Wildman–Crippen MR) is 69.3 cm³/mol. The SMILES string of the molecule is O=C(O)CCCCNC(=O)CCc1ccccc1. The van der Waals surface area contributed by atoms with Gasteiger partial charge in [0.25, 0.3) is 0 Å². The van der Waals surface area contributed by atoms with Crippen molar-refractivity contribution in [3.05, 3.63) is 35.9 Å². The first-order valence-electron chi connectivity index (χ1n) is 6.21. The van der Waals surface area contributed by atoms with Gasteiger partial charge in [0, 0.05) is 19.4 Å². The largest absolute Gasteiger partial charge is 0.481 e. The highest BCUT2D eigenvalue weighted by Gasteiger charge is 2.02. The van der Waals surface area contributed by atoms with E-state index >= 15 is 0 Å². The fourth-order valence-electron chi connectivity index (χ4n) is 1.62. The van der Waals surface area contributed by atoms with Gasteiger partial charge in [-0.25, -0.2) is 0 Å². The van der Waals surface area contributed by atoms with Crippen LogP contribution in [0.1, 0.15) is 31.2 Å². The van der Waals surface area contributed by atoms with Gasteiger partial charge in [-0.15, -0.1) is 0 Å². The Hall–Kier alpha value is -1.84. The summed E-state index contributed by atoms with van der Waals surface area (Å²) in [5.41, 5.74) is 1.15. The van der Waals surface area contributed by atoms with Crippen molar-refractivity contribution in [1.29, 1.82) is 0 Å². The van der Waals surface area contributed by atoms with E-state index in [0.717, 1.165) is 12.0 Å². The van der Waals surface area contributed by atoms with Crippen molar-refractivity contribution in [2.45, 2.75) is 32.1 Å². The zero-order valence-corrected chi connectivity index (χ0v) is 10.4. The van der Waals surface area contributed by atoms with E-state index in [4.69, 9.17) is 5.11 Å². The van der Waals surface area contributed by atoms with Crippen LogP contribution in [0.4, 0.5) is 0 Å². The summed E-state index contributed by atoms with van der Waals surface area (Å²) in [5.74, 6) is -0.764. The Labute approximate surface area is 107 Å². The maximum atomic E-state index is 11.5. The molecule has 1 aromatic carbocycles. The second-order valence-corrected chi connectivity index (χ2v) is 4.19. The van der Waals surface area contributed by atoms with Crippen LogP contribution < -0.4 is 5.32 Å². The molecule has 0 bridgehead atoms. The lowest BCUT2D eigenvalue weighted by Crippen LogP contribution is -2.24. The monoisotopic (exact) mass is 249 g/mol. The Morgan fingerprint density at radius 2 is 1.78 bits per heavy atom. The molecular formula is C14H19NO3. The summed E-state index contributed by atoms with van der Waals surface area (Å²) >= 11 is 0. The number of aliphatic carboxylic acids is 1. The third-order valence-electron chi connectivity index (χ3n) is 2.62. The molecule has 1 amide bonds. The highest BCUT2D eigenvalue weighted by atomic mass is 16.4. The van der Waals surface area contributed by atoms with Crippen molar-refractivity contribution >= 4 is 11.9 Å². The van der Waals surface area contributed by atoms with Gasteiger partial charge in [-0.2, -0.15) is 0 Å². The molecule has 0 aliphatic heterocycles. The smallest absolute Gasteiger partial charge is 0.303 e. The maximum absolute atomic E-state index is 11.5. The lowest BCUT2D eigenvalue weighted by Gasteiger charge is -2.04. The third-order valence-corrected chi connectivity index (χ3v) is 2.62. The van der Waals surface area contributed by atoms with Crippen LogP contribution in [-0.4, -0.2) is 23.5 Å². The molecule has 4 nitrogen and oxygen atoms in total. The molecular weight excluding hydrogens is 230 g/mol. The van der Waals surface area contributed by atoms with Crippen molar-refractivity contribution in [3.63, 3.8) is 0 Å². The third kappa shape index (κ3) is 6.68. The first-order chi connectivity index (χ1) is 8.68. The summed E-state index contributed by atoms with van der Waals surface area (Å²) in [6.07, 6.45) is 2.70. The van der Waals surface area contributed by atoms with Gasteiger partial charge in [0.05, 0.1) is 0 Å². The van der Waals surface area contributed by atoms with Gasteiger partial charge in [-0.05, 0) is 24.8 Å². The zero-order chi connectivity index (χ0) is 13.2. The molecule has 0 unspecified atom stereocenters. The number of rotatable bonds is 8. The Kier molecular flexibility index (Phi) is 6.54. The summed E-state index contributed by atoms with van der Waals surface area (Å²) < 4.78 is 0. The van der Waals surface area contributed by atoms with Crippen LogP contribution in [-0.2, 0) is 16.0 Å². The minimum atomic E-state index is -0.787. The summed E-state index contributed by atoms with van der Waals surface area (Å²) in [6.45, 7) is 0.556. The van der Waals surface area contributed by atoms with Crippen LogP contribution in [0.15, 0.2) is 30.3 Å². The Bertz CT molecular complexity index is 376. The number of nitrogens with one attached hydrogen (secondary N) is 1. The fraction of sp³-hybridized carbons (Fsp3) is 0.429. The topological polar surface area (TPSA) is 66.4 Å². The van der Waals surface area contributed by atoms with Crippen molar-refractivity contribution in [3.8, 4) is 0 Å². The number of carbonyl (C=O) groups is 2. The van der Waals surface area contributed by atoms with Gasteiger partial charge in [0.1, 0.15) is 0 Å². The Morgan fingerprint density at radius 3 is 2.44 bits per heavy atom. The van der Waals surface area contributed by atoms with Crippen molar-refractivity contribution < 1.29 is 14.7 Å². The lowest BCUT2D eigenvalue weighted by molar-refractivity contribution is -0.137. The number of unbranched alkanes of at least 4 members (excludes halogenated alkanes) is 1. The summed E-state index contributed by atoms with van der Waals surface area (Å²) in [4.78, 5) is 21.8. The van der Waals surface area contributed by atoms with Crippen molar-refractivity contribution in [2.24, 2.45) is 0 Å². The quantitative estimate of drug-likeness (QED) is 0.692. The number of carboxylic acids is 1. The van der Waals surface area contributed by atoms with E-state index < -0.39 is 5.97 Å². The molecule has 4 heteroatoms. The van der Waals surface area contributed by atoms with Gasteiger partial charge < -0.3 is 10.4 Å². The van der Waals surface area contributed by atoms with Crippen molar-refractivity contribution in [1.82, 2.24) is 5.32 Å². The van der Waals surface area contributed by atoms with Crippen LogP contribution >= 0.6 is 0 Å². The van der Waals surface area contributed by atoms with Crippen molar-refractivity contribution in [2.75, 3.05) is 6.54 Å². The molecule has 0 aromatic heterocycles. The maximum Gasteiger partial charge on any atom is 0.303 e. The molecule has 0 atom stereocenters. The van der Waals surface area contributed by atoms with E-state index in [1.807, 2.05) is 30.3 Å². The molecule has 0 heterocycles. The van der Waals surface area contributed by atoms with Gasteiger partial charge in [0.15, 0.2) is 0 Å². The molecule has 18 heavy (non-hydrogen) atoms. The van der Waals surface area contributed by atoms with E-state index in [9.17, 15) is 9.59 Å². The normalized spacial score (nSPS) is 10.0. The highest BCUT2D eigenvalue weighted by molar-refractivity contribution is 5.76. The van der Waals surface area contributed by atoms with Crippen LogP contribution in [0.2, 0.25) is 0 Å². The number of hydrogen-bond acceptors (Lipinski definition) is 2. The Balaban J connectivity index is 2.06. The van der Waals surface area contributed by atoms with Crippen LogP contribution in [0, 0.1) is 0 Å². The number of carboxylic acid groups (broad SMARTS) is 1. The van der Waals surface area contributed by atoms with Gasteiger partial charge in [0.2, 0.25) is 5.91 Å². The number of hydrogen-bond donors (Lipinski definition) is 2. The number of benzene rings is 1. The van der Waals surface area contributed by atoms with E-state index in [0.29, 0.717) is 25.8 Å². The van der Waals surface area contributed by atoms with E-state index in [1.54, 1.807) is 0 Å². The zero-order valence-electron chi connectivity index (χ0n) is 10.4. The molecule has 0 aliphatic rings. The van der Waals surface area contributed by atoms with E-state index in [1.165, 1.54) is 0 Å². The van der Waals surface area contributed by atoms with E-state index in [-0.39, 0.29) is 12.3 Å². The second-order valence-electron chi connectivity index (χ2n) is 4.19. The van der Waals surface area contributed by atoms with Crippen LogP contribution in [0.25, 0.3) is 0 Å². The number of amides is 1. The van der Waals surface area contributed by atoms with E-state index in [2.05, 4.69) is 5.32 Å². The minimum Gasteiger partial charge on any atom is -0.481 e. The predicted octanol–water partition coefficient (Wildman–Crippen LogP) is 1.99. The highest BCUT2D eigenvalue weighted by Crippen LogP contribution is 2.02. The van der Waals surface area contributed by atoms with Gasteiger partial charge in [-0.1, -0.05) is 30.3 Å². The summed E-state index contributed by atoms with van der Waals surface area (Å²) in [6, 6.07) is 9.87. The molecule has 0 aliphatic carbocycles. The number of carbonyl (C=O) groups excluding carboxylic acids is 1. The fourth-order valence-corrected chi connectivity index (χ4v) is 1.62. The molecule has 2 N–H and O–H groups in total. The molecule has 0 saturated heterocycles. The average Bonchev–Trinajstić information content (AvgIpc) is 2.37. The molecule has 0 spiro atoms. The average molecular weight is 249 g/mol. The lowest BCUT2D eigenvalue weighted by atomic mass is 10.1. The molecule has 1 aromatic rings. The molecule has 1 rings (SSSR count). The molecule has 0 fully saturated rings. The van der Waals surface area contributed by atoms with Crippen LogP contribution in [0.5, 0.6) is 0 Å².